The fourth-order valence-corrected chi connectivity index (χ4v) is 2.05. The maximum Gasteiger partial charge on any atom is 0.339 e. The van der Waals surface area contributed by atoms with Gasteiger partial charge in [0.1, 0.15) is 17.5 Å². The van der Waals surface area contributed by atoms with Crippen molar-refractivity contribution in [2.75, 3.05) is 0 Å². The Morgan fingerprint density at radius 2 is 1.90 bits per heavy atom. The van der Waals surface area contributed by atoms with Crippen LogP contribution in [0.5, 0.6) is 0 Å². The van der Waals surface area contributed by atoms with Crippen molar-refractivity contribution in [3.63, 3.8) is 0 Å². The summed E-state index contributed by atoms with van der Waals surface area (Å²) in [6.07, 6.45) is 2.64. The van der Waals surface area contributed by atoms with E-state index in [1.54, 1.807) is 0 Å². The van der Waals surface area contributed by atoms with Gasteiger partial charge in [-0.15, -0.1) is 0 Å². The van der Waals surface area contributed by atoms with Gasteiger partial charge in [-0.3, -0.25) is 0 Å². The van der Waals surface area contributed by atoms with Gasteiger partial charge >= 0.3 is 5.97 Å². The Kier molecular flexibility index (Phi) is 4.57. The van der Waals surface area contributed by atoms with Crippen LogP contribution in [0.3, 0.4) is 0 Å². The minimum absolute atomic E-state index is 0.0611. The standard InChI is InChI=1S/C15H14F2N2O2/c1-2-3-13-12(15(20)21)8-18-14(19-13)6-9-4-10(16)7-11(17)5-9/h4-5,7-8H,2-3,6H2,1H3,(H,20,21). The van der Waals surface area contributed by atoms with Gasteiger partial charge in [0.05, 0.1) is 11.3 Å². The summed E-state index contributed by atoms with van der Waals surface area (Å²) in [5, 5.41) is 9.07. The summed E-state index contributed by atoms with van der Waals surface area (Å²) in [4.78, 5) is 19.2. The van der Waals surface area contributed by atoms with Gasteiger partial charge < -0.3 is 5.11 Å². The topological polar surface area (TPSA) is 63.1 Å². The van der Waals surface area contributed by atoms with Crippen molar-refractivity contribution in [2.24, 2.45) is 0 Å². The third kappa shape index (κ3) is 3.81. The van der Waals surface area contributed by atoms with E-state index in [1.807, 2.05) is 6.92 Å². The highest BCUT2D eigenvalue weighted by Gasteiger charge is 2.13. The average Bonchev–Trinajstić information content (AvgIpc) is 2.37. The van der Waals surface area contributed by atoms with Crippen molar-refractivity contribution in [1.82, 2.24) is 9.97 Å². The molecule has 1 heterocycles. The first-order valence-electron chi connectivity index (χ1n) is 6.52. The minimum Gasteiger partial charge on any atom is -0.478 e. The Labute approximate surface area is 120 Å². The number of aromatic nitrogens is 2. The molecule has 0 bridgehead atoms. The van der Waals surface area contributed by atoms with E-state index >= 15 is 0 Å². The number of carbonyl (C=O) groups is 1. The number of hydrogen-bond donors (Lipinski definition) is 1. The molecule has 1 aromatic heterocycles. The molecule has 110 valence electrons. The van der Waals surface area contributed by atoms with E-state index in [0.717, 1.165) is 12.5 Å². The summed E-state index contributed by atoms with van der Waals surface area (Å²) in [6.45, 7) is 1.91. The number of carboxylic acids is 1. The fraction of sp³-hybridized carbons (Fsp3) is 0.267. The lowest BCUT2D eigenvalue weighted by atomic mass is 10.1. The van der Waals surface area contributed by atoms with Crippen LogP contribution in [-0.2, 0) is 12.8 Å². The van der Waals surface area contributed by atoms with Gasteiger partial charge in [-0.2, -0.15) is 0 Å². The first kappa shape index (κ1) is 15.0. The van der Waals surface area contributed by atoms with Gasteiger partial charge in [-0.1, -0.05) is 13.3 Å². The first-order valence-corrected chi connectivity index (χ1v) is 6.52. The maximum absolute atomic E-state index is 13.1. The van der Waals surface area contributed by atoms with Gasteiger partial charge in [0.2, 0.25) is 0 Å². The number of halogens is 2. The molecule has 0 unspecified atom stereocenters. The quantitative estimate of drug-likeness (QED) is 0.920. The molecule has 21 heavy (non-hydrogen) atoms. The van der Waals surface area contributed by atoms with E-state index in [-0.39, 0.29) is 12.0 Å². The molecule has 0 aliphatic rings. The Bertz CT molecular complexity index is 654. The van der Waals surface area contributed by atoms with E-state index < -0.39 is 17.6 Å². The van der Waals surface area contributed by atoms with Crippen molar-refractivity contribution >= 4 is 5.97 Å². The second-order valence-electron chi connectivity index (χ2n) is 4.66. The molecule has 0 atom stereocenters. The highest BCUT2D eigenvalue weighted by Crippen LogP contribution is 2.13. The molecule has 1 aromatic carbocycles. The van der Waals surface area contributed by atoms with Gasteiger partial charge in [0, 0.05) is 18.7 Å². The van der Waals surface area contributed by atoms with E-state index in [1.165, 1.54) is 18.3 Å². The summed E-state index contributed by atoms with van der Waals surface area (Å²) in [5.41, 5.74) is 0.899. The van der Waals surface area contributed by atoms with Crippen LogP contribution in [0.1, 0.15) is 40.8 Å². The molecule has 2 aromatic rings. The predicted octanol–water partition coefficient (Wildman–Crippen LogP) is 3.00. The van der Waals surface area contributed by atoms with Gasteiger partial charge in [-0.05, 0) is 24.1 Å². The highest BCUT2D eigenvalue weighted by molar-refractivity contribution is 5.88. The second-order valence-corrected chi connectivity index (χ2v) is 4.66. The molecule has 0 aliphatic carbocycles. The van der Waals surface area contributed by atoms with Crippen LogP contribution in [0.25, 0.3) is 0 Å². The molecule has 0 radical (unpaired) electrons. The number of benzene rings is 1. The third-order valence-electron chi connectivity index (χ3n) is 2.92. The van der Waals surface area contributed by atoms with Crippen molar-refractivity contribution in [1.29, 1.82) is 0 Å². The van der Waals surface area contributed by atoms with Crippen LogP contribution in [-0.4, -0.2) is 21.0 Å². The molecule has 0 amide bonds. The third-order valence-corrected chi connectivity index (χ3v) is 2.92. The molecule has 0 fully saturated rings. The minimum atomic E-state index is -1.08. The Hall–Kier alpha value is -2.37. The summed E-state index contributed by atoms with van der Waals surface area (Å²) >= 11 is 0. The van der Waals surface area contributed by atoms with Crippen LogP contribution >= 0.6 is 0 Å². The molecule has 0 saturated heterocycles. The molecular weight excluding hydrogens is 278 g/mol. The molecule has 2 rings (SSSR count). The number of carboxylic acid groups (broad SMARTS) is 1. The first-order chi connectivity index (χ1) is 9.99. The molecule has 6 heteroatoms. The van der Waals surface area contributed by atoms with Gasteiger partial charge in [-0.25, -0.2) is 23.5 Å². The van der Waals surface area contributed by atoms with Gasteiger partial charge in [0.15, 0.2) is 0 Å². The zero-order valence-corrected chi connectivity index (χ0v) is 11.4. The number of nitrogens with zero attached hydrogens (tertiary/aromatic N) is 2. The van der Waals surface area contributed by atoms with Crippen molar-refractivity contribution < 1.29 is 18.7 Å². The Morgan fingerprint density at radius 1 is 1.24 bits per heavy atom. The smallest absolute Gasteiger partial charge is 0.339 e. The summed E-state index contributed by atoms with van der Waals surface area (Å²) in [7, 11) is 0. The number of aromatic carboxylic acids is 1. The van der Waals surface area contributed by atoms with Gasteiger partial charge in [0.25, 0.3) is 0 Å². The molecule has 1 N–H and O–H groups in total. The SMILES string of the molecule is CCCc1nc(Cc2cc(F)cc(F)c2)ncc1C(=O)O. The van der Waals surface area contributed by atoms with Crippen molar-refractivity contribution in [2.45, 2.75) is 26.2 Å². The molecule has 0 aliphatic heterocycles. The van der Waals surface area contributed by atoms with Crippen LogP contribution in [0.15, 0.2) is 24.4 Å². The zero-order chi connectivity index (χ0) is 15.4. The summed E-state index contributed by atoms with van der Waals surface area (Å²) in [6, 6.07) is 3.20. The zero-order valence-electron chi connectivity index (χ0n) is 11.4. The normalized spacial score (nSPS) is 10.6. The largest absolute Gasteiger partial charge is 0.478 e. The highest BCUT2D eigenvalue weighted by atomic mass is 19.1. The molecule has 0 saturated carbocycles. The monoisotopic (exact) mass is 292 g/mol. The summed E-state index contributed by atoms with van der Waals surface area (Å²) < 4.78 is 26.3. The Morgan fingerprint density at radius 3 is 2.48 bits per heavy atom. The van der Waals surface area contributed by atoms with Crippen LogP contribution in [0, 0.1) is 11.6 Å². The molecule has 0 spiro atoms. The number of aryl methyl sites for hydroxylation is 1. The van der Waals surface area contributed by atoms with E-state index in [4.69, 9.17) is 5.11 Å². The lowest BCUT2D eigenvalue weighted by Gasteiger charge is -2.07. The van der Waals surface area contributed by atoms with Crippen molar-refractivity contribution in [3.8, 4) is 0 Å². The van der Waals surface area contributed by atoms with Crippen LogP contribution in [0.2, 0.25) is 0 Å². The van der Waals surface area contributed by atoms with E-state index in [9.17, 15) is 13.6 Å². The van der Waals surface area contributed by atoms with Crippen LogP contribution < -0.4 is 0 Å². The Balaban J connectivity index is 2.32. The summed E-state index contributed by atoms with van der Waals surface area (Å²) in [5.74, 6) is -2.07. The predicted molar refractivity (Wildman–Crippen MR) is 72.2 cm³/mol. The second kappa shape index (κ2) is 6.39. The van der Waals surface area contributed by atoms with Crippen LogP contribution in [0.4, 0.5) is 8.78 Å². The lowest BCUT2D eigenvalue weighted by Crippen LogP contribution is -2.09. The number of rotatable bonds is 5. The lowest BCUT2D eigenvalue weighted by molar-refractivity contribution is 0.0694. The van der Waals surface area contributed by atoms with E-state index in [2.05, 4.69) is 9.97 Å². The fourth-order valence-electron chi connectivity index (χ4n) is 2.05. The number of hydrogen-bond acceptors (Lipinski definition) is 3. The maximum atomic E-state index is 13.1. The van der Waals surface area contributed by atoms with Crippen molar-refractivity contribution in [3.05, 3.63) is 58.7 Å². The van der Waals surface area contributed by atoms with E-state index in [0.29, 0.717) is 23.5 Å². The molecular formula is C15H14F2N2O2. The average molecular weight is 292 g/mol. The molecule has 4 nitrogen and oxygen atoms in total.